The van der Waals surface area contributed by atoms with E-state index in [4.69, 9.17) is 0 Å². The zero-order valence-corrected chi connectivity index (χ0v) is 46.4. The summed E-state index contributed by atoms with van der Waals surface area (Å²) in [6.45, 7) is 23.3. The van der Waals surface area contributed by atoms with E-state index in [1.54, 1.807) is 0 Å². The Kier molecular flexibility index (Phi) is 22.3. The molecule has 0 fully saturated rings. The molecule has 77 heavy (non-hydrogen) atoms. The number of hydrogen-bond donors (Lipinski definition) is 0. The first-order valence-electron chi connectivity index (χ1n) is 26.2. The molecule has 7 aromatic rings. The van der Waals surface area contributed by atoms with Crippen molar-refractivity contribution in [3.63, 3.8) is 0 Å². The van der Waals surface area contributed by atoms with Crippen molar-refractivity contribution < 1.29 is 0 Å². The highest BCUT2D eigenvalue weighted by atomic mass is 14.3. The zero-order chi connectivity index (χ0) is 54.6. The fourth-order valence-electron chi connectivity index (χ4n) is 8.42. The first-order chi connectivity index (χ1) is 36.9. The zero-order valence-electron chi connectivity index (χ0n) is 46.4. The van der Waals surface area contributed by atoms with Crippen LogP contribution in [0.15, 0.2) is 228 Å². The van der Waals surface area contributed by atoms with Crippen molar-refractivity contribution in [3.05, 3.63) is 305 Å². The molecule has 7 aromatic carbocycles. The van der Waals surface area contributed by atoms with Crippen LogP contribution in [0.4, 0.5) is 0 Å². The van der Waals surface area contributed by atoms with Gasteiger partial charge in [-0.25, -0.2) is 0 Å². The lowest BCUT2D eigenvalue weighted by molar-refractivity contribution is 1.22. The molecule has 0 amide bonds. The standard InChI is InChI=1S/C72H62.C2H6.C2H2.CH4/c1-50-11-10-12-63(39-21-50)58(9)67(46-36-59-28-13-51(2)14-29-59)71(65-42-24-56(7)25-43-65)69(48-38-61-32-17-53(4)18-33-61)72(66-44-26-57(8)27-45-66)68(47-37-60-30-15-52(3)16-31-60)70(64-40-22-55(6)23-41-64)49-62-34-19-54(5)20-35-62;2*1-2;/h10,12-35,39-45,49H,11H2,1-9H3;1-2H3;1-2H;1H4/b67-58+,70-49+,71-69-,72-68-;;;. The average molecular weight is 999 g/mol. The molecule has 0 atom stereocenters. The average Bonchev–Trinajstić information content (AvgIpc) is 3.68. The van der Waals surface area contributed by atoms with Crippen LogP contribution in [0.1, 0.15) is 119 Å². The maximum absolute atomic E-state index is 4.00. The number of terminal acetylenes is 1. The quantitative estimate of drug-likeness (QED) is 0.0809. The SMILES string of the molecule is C.C#C.CC.CC1=CC=C(/C(C)=C(C#Cc2ccc(C)cc2)/C(=C(C#Cc2ccc(C)cc2)\C(=C(C#Cc2ccc(C)cc2)/C(=C/c2ccc(C)cc2)c2ccc(C)cc2)c2ccc(C)cc2)c2ccc(C)cc2)C=CC1. The van der Waals surface area contributed by atoms with Gasteiger partial charge in [0.15, 0.2) is 0 Å². The van der Waals surface area contributed by atoms with Crippen LogP contribution in [0.2, 0.25) is 0 Å². The Morgan fingerprint density at radius 1 is 0.403 bits per heavy atom. The summed E-state index contributed by atoms with van der Waals surface area (Å²) < 4.78 is 0. The maximum Gasteiger partial charge on any atom is 0.0431 e. The molecule has 8 rings (SSSR count). The van der Waals surface area contributed by atoms with E-state index in [0.29, 0.717) is 0 Å². The molecule has 0 spiro atoms. The molecule has 1 aliphatic carbocycles. The van der Waals surface area contributed by atoms with Gasteiger partial charge in [0, 0.05) is 44.6 Å². The van der Waals surface area contributed by atoms with Gasteiger partial charge in [0.2, 0.25) is 0 Å². The molecular weight excluding hydrogens is 925 g/mol. The van der Waals surface area contributed by atoms with Crippen molar-refractivity contribution in [1.29, 1.82) is 0 Å². The Balaban J connectivity index is 0.00000214. The van der Waals surface area contributed by atoms with Crippen LogP contribution in [0.25, 0.3) is 22.8 Å². The fraction of sp³-hybridized carbons (Fsp3) is 0.169. The smallest absolute Gasteiger partial charge is 0.0431 e. The van der Waals surface area contributed by atoms with Crippen LogP contribution in [0, 0.1) is 96.8 Å². The number of hydrogen-bond acceptors (Lipinski definition) is 0. The third kappa shape index (κ3) is 16.5. The van der Waals surface area contributed by atoms with E-state index < -0.39 is 0 Å². The van der Waals surface area contributed by atoms with Gasteiger partial charge in [-0.15, -0.1) is 12.8 Å². The van der Waals surface area contributed by atoms with E-state index in [1.807, 2.05) is 13.8 Å². The van der Waals surface area contributed by atoms with Crippen LogP contribution >= 0.6 is 0 Å². The van der Waals surface area contributed by atoms with Crippen LogP contribution < -0.4 is 0 Å². The second-order valence-electron chi connectivity index (χ2n) is 19.2. The molecule has 0 N–H and O–H groups in total. The van der Waals surface area contributed by atoms with Crippen LogP contribution in [-0.2, 0) is 0 Å². The number of benzene rings is 7. The molecule has 0 unspecified atom stereocenters. The van der Waals surface area contributed by atoms with Gasteiger partial charge in [-0.3, -0.25) is 0 Å². The van der Waals surface area contributed by atoms with Gasteiger partial charge in [-0.1, -0.05) is 259 Å². The van der Waals surface area contributed by atoms with E-state index in [9.17, 15) is 0 Å². The molecule has 382 valence electrons. The monoisotopic (exact) mass is 999 g/mol. The molecule has 0 saturated heterocycles. The van der Waals surface area contributed by atoms with E-state index in [1.165, 1.54) is 33.4 Å². The minimum absolute atomic E-state index is 0. The fourth-order valence-corrected chi connectivity index (χ4v) is 8.42. The normalized spacial score (nSPS) is 12.5. The lowest BCUT2D eigenvalue weighted by Crippen LogP contribution is -2.04. The molecule has 0 bridgehead atoms. The first kappa shape index (κ1) is 58.8. The van der Waals surface area contributed by atoms with Crippen molar-refractivity contribution >= 4 is 22.8 Å². The second-order valence-corrected chi connectivity index (χ2v) is 19.2. The Labute approximate surface area is 464 Å². The predicted octanol–water partition coefficient (Wildman–Crippen LogP) is 19.5. The number of aryl methyl sites for hydroxylation is 7. The third-order valence-corrected chi connectivity index (χ3v) is 12.9. The number of allylic oxidation sites excluding steroid dienone is 13. The van der Waals surface area contributed by atoms with E-state index >= 15 is 0 Å². The molecule has 0 aliphatic heterocycles. The topological polar surface area (TPSA) is 0 Å². The summed E-state index contributed by atoms with van der Waals surface area (Å²) in [5.41, 5.74) is 23.9. The highest BCUT2D eigenvalue weighted by Crippen LogP contribution is 2.42. The highest BCUT2D eigenvalue weighted by molar-refractivity contribution is 6.09. The van der Waals surface area contributed by atoms with Gasteiger partial charge in [-0.2, -0.15) is 0 Å². The van der Waals surface area contributed by atoms with Gasteiger partial charge >= 0.3 is 0 Å². The third-order valence-electron chi connectivity index (χ3n) is 12.9. The van der Waals surface area contributed by atoms with Gasteiger partial charge in [-0.05, 0) is 150 Å². The lowest BCUT2D eigenvalue weighted by Gasteiger charge is -2.22. The van der Waals surface area contributed by atoms with Crippen molar-refractivity contribution in [2.24, 2.45) is 0 Å². The molecule has 0 saturated carbocycles. The summed E-state index contributed by atoms with van der Waals surface area (Å²) in [5.74, 6) is 22.8. The van der Waals surface area contributed by atoms with Crippen molar-refractivity contribution in [2.45, 2.75) is 90.0 Å². The summed E-state index contributed by atoms with van der Waals surface area (Å²) >= 11 is 0. The van der Waals surface area contributed by atoms with Gasteiger partial charge in [0.05, 0.1) is 0 Å². The van der Waals surface area contributed by atoms with Crippen molar-refractivity contribution in [3.8, 4) is 48.4 Å². The summed E-state index contributed by atoms with van der Waals surface area (Å²) in [6, 6.07) is 60.7. The number of rotatable bonds is 8. The largest absolute Gasteiger partial charge is 0.124 e. The van der Waals surface area contributed by atoms with Crippen molar-refractivity contribution in [2.75, 3.05) is 0 Å². The van der Waals surface area contributed by atoms with E-state index in [-0.39, 0.29) is 7.43 Å². The molecular formula is C77H74. The second kappa shape index (κ2) is 29.2. The van der Waals surface area contributed by atoms with Crippen LogP contribution in [0.5, 0.6) is 0 Å². The summed E-state index contributed by atoms with van der Waals surface area (Å²) in [5, 5.41) is 0. The molecule has 1 aliphatic rings. The molecule has 0 heteroatoms. The summed E-state index contributed by atoms with van der Waals surface area (Å²) in [4.78, 5) is 0. The van der Waals surface area contributed by atoms with Crippen LogP contribution in [-0.4, -0.2) is 0 Å². The Morgan fingerprint density at radius 2 is 0.727 bits per heavy atom. The minimum Gasteiger partial charge on any atom is -0.124 e. The molecule has 0 nitrogen and oxygen atoms in total. The predicted molar refractivity (Wildman–Crippen MR) is 337 cm³/mol. The molecule has 0 radical (unpaired) electrons. The molecule has 0 aromatic heterocycles. The Morgan fingerprint density at radius 3 is 1.13 bits per heavy atom. The van der Waals surface area contributed by atoms with Gasteiger partial charge in [0.1, 0.15) is 0 Å². The lowest BCUT2D eigenvalue weighted by atomic mass is 9.80. The van der Waals surface area contributed by atoms with Gasteiger partial charge in [0.25, 0.3) is 0 Å². The summed E-state index contributed by atoms with van der Waals surface area (Å²) in [6.07, 6.45) is 20.1. The highest BCUT2D eigenvalue weighted by Gasteiger charge is 2.25. The van der Waals surface area contributed by atoms with E-state index in [2.05, 4.69) is 311 Å². The Bertz CT molecular complexity index is 3570. The first-order valence-corrected chi connectivity index (χ1v) is 26.2. The minimum atomic E-state index is 0. The van der Waals surface area contributed by atoms with Crippen molar-refractivity contribution in [1.82, 2.24) is 0 Å². The van der Waals surface area contributed by atoms with Gasteiger partial charge < -0.3 is 0 Å². The molecule has 0 heterocycles. The Hall–Kier alpha value is -9.04. The van der Waals surface area contributed by atoms with Crippen LogP contribution in [0.3, 0.4) is 0 Å². The maximum atomic E-state index is 4.00. The van der Waals surface area contributed by atoms with E-state index in [0.717, 1.165) is 101 Å². The summed E-state index contributed by atoms with van der Waals surface area (Å²) in [7, 11) is 0.